The summed E-state index contributed by atoms with van der Waals surface area (Å²) in [5.41, 5.74) is 0. The number of nitrogens with zero attached hydrogens (tertiary/aromatic N) is 2. The zero-order valence-corrected chi connectivity index (χ0v) is 6.52. The molecule has 0 rings (SSSR count). The van der Waals surface area contributed by atoms with E-state index in [1.807, 2.05) is 11.8 Å². The summed E-state index contributed by atoms with van der Waals surface area (Å²) in [6.07, 6.45) is 2.93. The molecule has 0 aromatic carbocycles. The molecule has 0 bridgehead atoms. The predicted octanol–water partition coefficient (Wildman–Crippen LogP) is 1.25. The van der Waals surface area contributed by atoms with Crippen LogP contribution in [0.4, 0.5) is 0 Å². The molecule has 0 aliphatic heterocycles. The number of rotatable bonds is 4. The molecule has 0 spiro atoms. The van der Waals surface area contributed by atoms with E-state index in [1.54, 1.807) is 0 Å². The minimum absolute atomic E-state index is 0.830. The minimum atomic E-state index is 0.830. The van der Waals surface area contributed by atoms with Crippen molar-refractivity contribution in [3.05, 3.63) is 0 Å². The molecule has 0 amide bonds. The van der Waals surface area contributed by atoms with E-state index in [4.69, 9.17) is 0 Å². The van der Waals surface area contributed by atoms with Crippen LogP contribution in [0.25, 0.3) is 0 Å². The molecule has 0 atom stereocenters. The lowest BCUT2D eigenvalue weighted by Gasteiger charge is -2.11. The van der Waals surface area contributed by atoms with Gasteiger partial charge in [-0.2, -0.15) is 0 Å². The van der Waals surface area contributed by atoms with E-state index in [-0.39, 0.29) is 0 Å². The van der Waals surface area contributed by atoms with Crippen molar-refractivity contribution in [2.45, 2.75) is 20.8 Å². The van der Waals surface area contributed by atoms with Crippen LogP contribution in [0.15, 0.2) is 4.99 Å². The molecule has 53 valence electrons. The second-order valence-corrected chi connectivity index (χ2v) is 1.75. The zero-order chi connectivity index (χ0) is 7.11. The molecule has 0 heterocycles. The second-order valence-electron chi connectivity index (χ2n) is 1.75. The molecular formula is C7H15N2. The smallest absolute Gasteiger partial charge is 0.166 e. The van der Waals surface area contributed by atoms with Gasteiger partial charge in [0.2, 0.25) is 0 Å². The van der Waals surface area contributed by atoms with Crippen LogP contribution in [0.1, 0.15) is 20.8 Å². The lowest BCUT2D eigenvalue weighted by molar-refractivity contribution is 0.478. The van der Waals surface area contributed by atoms with Gasteiger partial charge >= 0.3 is 0 Å². The minimum Gasteiger partial charge on any atom is -0.354 e. The van der Waals surface area contributed by atoms with Crippen LogP contribution in [-0.4, -0.2) is 30.9 Å². The first-order valence-electron chi connectivity index (χ1n) is 3.52. The van der Waals surface area contributed by atoms with Gasteiger partial charge in [0.25, 0.3) is 0 Å². The van der Waals surface area contributed by atoms with Gasteiger partial charge in [0, 0.05) is 19.6 Å². The first-order chi connectivity index (χ1) is 4.35. The van der Waals surface area contributed by atoms with E-state index >= 15 is 0 Å². The van der Waals surface area contributed by atoms with E-state index in [2.05, 4.69) is 25.2 Å². The Labute approximate surface area is 57.6 Å². The van der Waals surface area contributed by atoms with Gasteiger partial charge in [-0.15, -0.1) is 0 Å². The quantitative estimate of drug-likeness (QED) is 0.315. The summed E-state index contributed by atoms with van der Waals surface area (Å²) in [4.78, 5) is 6.03. The fraction of sp³-hybridized carbons (Fsp3) is 0.857. The molecule has 0 N–H and O–H groups in total. The number of hydrogen-bond donors (Lipinski definition) is 0. The summed E-state index contributed by atoms with van der Waals surface area (Å²) < 4.78 is 0. The Morgan fingerprint density at radius 1 is 1.22 bits per heavy atom. The summed E-state index contributed by atoms with van der Waals surface area (Å²) >= 11 is 0. The third-order valence-electron chi connectivity index (χ3n) is 1.13. The first kappa shape index (κ1) is 8.47. The highest BCUT2D eigenvalue weighted by Gasteiger charge is 1.88. The summed E-state index contributed by atoms with van der Waals surface area (Å²) in [7, 11) is 0. The Morgan fingerprint density at radius 2 is 1.78 bits per heavy atom. The standard InChI is InChI=1S/C7H15N2/c1-4-8-7-9(5-2)6-3/h4-6H2,1-3H3. The van der Waals surface area contributed by atoms with E-state index in [1.165, 1.54) is 0 Å². The van der Waals surface area contributed by atoms with E-state index in [9.17, 15) is 0 Å². The highest BCUT2D eigenvalue weighted by Crippen LogP contribution is 1.79. The molecule has 2 nitrogen and oxygen atoms in total. The van der Waals surface area contributed by atoms with Crippen molar-refractivity contribution >= 4 is 6.34 Å². The molecule has 0 aliphatic rings. The largest absolute Gasteiger partial charge is 0.354 e. The molecule has 0 saturated heterocycles. The molecule has 0 fully saturated rings. The Hall–Kier alpha value is -0.530. The second kappa shape index (κ2) is 5.60. The highest BCUT2D eigenvalue weighted by molar-refractivity contribution is 5.54. The molecule has 1 radical (unpaired) electrons. The molecule has 0 unspecified atom stereocenters. The summed E-state index contributed by atoms with van der Waals surface area (Å²) in [5.74, 6) is 0. The normalized spacial score (nSPS) is 10.6. The molecule has 0 aromatic heterocycles. The van der Waals surface area contributed by atoms with Gasteiger partial charge in [-0.05, 0) is 20.8 Å². The number of hydrogen-bond acceptors (Lipinski definition) is 1. The van der Waals surface area contributed by atoms with Gasteiger partial charge in [0.15, 0.2) is 6.34 Å². The molecular weight excluding hydrogens is 112 g/mol. The van der Waals surface area contributed by atoms with Crippen LogP contribution in [0.2, 0.25) is 0 Å². The summed E-state index contributed by atoms with van der Waals surface area (Å²) in [5, 5.41) is 0. The third-order valence-corrected chi connectivity index (χ3v) is 1.13. The Morgan fingerprint density at radius 3 is 2.11 bits per heavy atom. The molecule has 0 saturated carbocycles. The van der Waals surface area contributed by atoms with E-state index < -0.39 is 0 Å². The van der Waals surface area contributed by atoms with Crippen LogP contribution < -0.4 is 0 Å². The summed E-state index contributed by atoms with van der Waals surface area (Å²) in [6.45, 7) is 9.04. The third kappa shape index (κ3) is 4.01. The van der Waals surface area contributed by atoms with Gasteiger partial charge in [0.1, 0.15) is 0 Å². The topological polar surface area (TPSA) is 15.6 Å². The SMILES string of the molecule is CC/N=[C]/N(CC)CC. The van der Waals surface area contributed by atoms with Gasteiger partial charge in [-0.3, -0.25) is 4.99 Å². The van der Waals surface area contributed by atoms with E-state index in [0.29, 0.717) is 0 Å². The number of aliphatic imine (C=N–C) groups is 1. The van der Waals surface area contributed by atoms with Gasteiger partial charge < -0.3 is 4.90 Å². The zero-order valence-electron chi connectivity index (χ0n) is 6.52. The maximum absolute atomic E-state index is 3.99. The monoisotopic (exact) mass is 127 g/mol. The van der Waals surface area contributed by atoms with Crippen LogP contribution in [0, 0.1) is 0 Å². The molecule has 2 heteroatoms. The Kier molecular flexibility index (Phi) is 5.27. The van der Waals surface area contributed by atoms with Crippen LogP contribution >= 0.6 is 0 Å². The lowest BCUT2D eigenvalue weighted by atomic mass is 10.6. The van der Waals surface area contributed by atoms with Gasteiger partial charge in [-0.25, -0.2) is 0 Å². The first-order valence-corrected chi connectivity index (χ1v) is 3.52. The van der Waals surface area contributed by atoms with Crippen molar-refractivity contribution in [3.8, 4) is 0 Å². The Balaban J connectivity index is 3.41. The average molecular weight is 127 g/mol. The fourth-order valence-corrected chi connectivity index (χ4v) is 0.536. The van der Waals surface area contributed by atoms with Gasteiger partial charge in [-0.1, -0.05) is 0 Å². The fourth-order valence-electron chi connectivity index (χ4n) is 0.536. The van der Waals surface area contributed by atoms with Crippen LogP contribution in [0.5, 0.6) is 0 Å². The van der Waals surface area contributed by atoms with Crippen molar-refractivity contribution in [3.63, 3.8) is 0 Å². The molecule has 0 aliphatic carbocycles. The molecule has 0 aromatic rings. The van der Waals surface area contributed by atoms with Crippen molar-refractivity contribution < 1.29 is 0 Å². The van der Waals surface area contributed by atoms with Crippen molar-refractivity contribution in [2.75, 3.05) is 19.6 Å². The van der Waals surface area contributed by atoms with Gasteiger partial charge in [0.05, 0.1) is 0 Å². The van der Waals surface area contributed by atoms with E-state index in [0.717, 1.165) is 19.6 Å². The molecule has 9 heavy (non-hydrogen) atoms. The summed E-state index contributed by atoms with van der Waals surface area (Å²) in [6, 6.07) is 0. The van der Waals surface area contributed by atoms with Crippen molar-refractivity contribution in [2.24, 2.45) is 4.99 Å². The lowest BCUT2D eigenvalue weighted by Crippen LogP contribution is -2.20. The van der Waals surface area contributed by atoms with Crippen LogP contribution in [-0.2, 0) is 0 Å². The highest BCUT2D eigenvalue weighted by atomic mass is 15.1. The average Bonchev–Trinajstić information content (AvgIpc) is 1.91. The van der Waals surface area contributed by atoms with Crippen LogP contribution in [0.3, 0.4) is 0 Å². The maximum Gasteiger partial charge on any atom is 0.166 e. The maximum atomic E-state index is 3.99. The predicted molar refractivity (Wildman–Crippen MR) is 40.9 cm³/mol. The van der Waals surface area contributed by atoms with Crippen molar-refractivity contribution in [1.29, 1.82) is 0 Å². The van der Waals surface area contributed by atoms with Crippen molar-refractivity contribution in [1.82, 2.24) is 4.90 Å². The Bertz CT molecular complexity index is 75.0.